The predicted octanol–water partition coefficient (Wildman–Crippen LogP) is 19.7. The number of thioether (sulfide) groups is 2. The van der Waals surface area contributed by atoms with Crippen LogP contribution in [-0.4, -0.2) is 150 Å². The topological polar surface area (TPSA) is 164 Å². The van der Waals surface area contributed by atoms with Crippen molar-refractivity contribution in [3.8, 4) is 22.7 Å². The Morgan fingerprint density at radius 2 is 0.598 bits per heavy atom. The molecule has 0 radical (unpaired) electrons. The lowest BCUT2D eigenvalue weighted by molar-refractivity contribution is -0.228. The van der Waals surface area contributed by atoms with E-state index in [4.69, 9.17) is 47.4 Å². The molecule has 4 saturated carbocycles. The Balaban J connectivity index is 0.000000108. The van der Waals surface area contributed by atoms with Gasteiger partial charge in [0.1, 0.15) is 59.9 Å². The molecule has 22 rings (SSSR count). The number of nitrogens with zero attached hydrogens (tertiary/aromatic N) is 8. The molecule has 4 saturated heterocycles. The number of fused-ring (bicyclic) bond motifs is 12. The van der Waals surface area contributed by atoms with E-state index in [0.717, 1.165) is 132 Å². The summed E-state index contributed by atoms with van der Waals surface area (Å²) in [5, 5.41) is 19.9. The summed E-state index contributed by atoms with van der Waals surface area (Å²) in [5.74, 6) is -3.08. The third-order valence-corrected chi connectivity index (χ3v) is 32.8. The van der Waals surface area contributed by atoms with Crippen LogP contribution in [0.5, 0.6) is 0 Å². The first-order chi connectivity index (χ1) is 59.0. The maximum atomic E-state index is 13.5. The highest BCUT2D eigenvalue weighted by Gasteiger charge is 2.68. The number of hydrogen-bond acceptors (Lipinski definition) is 16. The minimum atomic E-state index is -0.727. The molecule has 10 aromatic rings. The minimum Gasteiger partial charge on any atom is -0.382 e. The van der Waals surface area contributed by atoms with Crippen LogP contribution in [0.15, 0.2) is 205 Å². The van der Waals surface area contributed by atoms with E-state index < -0.39 is 17.4 Å². The lowest BCUT2D eigenvalue weighted by atomic mass is 9.72. The molecule has 4 aliphatic heterocycles. The van der Waals surface area contributed by atoms with Crippen molar-refractivity contribution < 1.29 is 64.9 Å². The van der Waals surface area contributed by atoms with Crippen LogP contribution in [0, 0.1) is 44.9 Å². The van der Waals surface area contributed by atoms with E-state index >= 15 is 0 Å². The molecular weight excluding hydrogens is 1590 g/mol. The second-order valence-electron chi connectivity index (χ2n) is 35.5. The Kier molecular flexibility index (Phi) is 21.9. The summed E-state index contributed by atoms with van der Waals surface area (Å²) in [4.78, 5) is 0. The molecule has 2 unspecified atom stereocenters. The summed E-state index contributed by atoms with van der Waals surface area (Å²) in [7, 11) is 6.71. The highest BCUT2D eigenvalue weighted by atomic mass is 32.2. The summed E-state index contributed by atoms with van der Waals surface area (Å²) >= 11 is 4.40. The number of allylic oxidation sites excluding steroid dienone is 1. The zero-order chi connectivity index (χ0) is 84.3. The van der Waals surface area contributed by atoms with Gasteiger partial charge in [-0.25, -0.2) is 36.3 Å². The van der Waals surface area contributed by atoms with Gasteiger partial charge in [0.25, 0.3) is 0 Å². The lowest BCUT2D eigenvalue weighted by Crippen LogP contribution is -2.47. The molecule has 18 nitrogen and oxygen atoms in total. The Morgan fingerprint density at radius 3 is 0.877 bits per heavy atom. The fraction of sp³-hybridized carbons (Fsp3) is 0.429. The third-order valence-electron chi connectivity index (χ3n) is 28.4. The van der Waals surface area contributed by atoms with Crippen LogP contribution >= 0.6 is 23.5 Å². The maximum Gasteiger partial charge on any atom is 0.179 e. The quantitative estimate of drug-likeness (QED) is 0.0944. The monoisotopic (exact) mass is 1690 g/mol. The van der Waals surface area contributed by atoms with Crippen molar-refractivity contribution in [2.24, 2.45) is 21.7 Å². The number of aromatic nitrogens is 8. The molecular formula is C98H104F4N8O10S2. The SMILES string of the molecule is CC1SC2(CCC3=Cc4c(cnn4-c4ccc(F)cc4)C[C@@]32C)SC1C.COC[C@@H]1OC2(CCC3=Cc4c(cnn4-c4ccc(F)cc4)C[C@@]32C)O[C@H]1COC.COC[C@H]1OC2(CCC3=Cc4c(cnn4-c4ccc(F)cc4)C[C@@]32C)O[C@@H]1COC.C[C@]12Cc3cnn(-c4ccc(F)cc4)c3C=C1CCC21O[C@H](c2ccccc2)[C@@H](c2ccccc2)O1. The van der Waals surface area contributed by atoms with Gasteiger partial charge < -0.3 is 47.4 Å². The van der Waals surface area contributed by atoms with Crippen molar-refractivity contribution in [2.75, 3.05) is 54.9 Å². The molecule has 12 atom stereocenters. The number of hydrogen-bond donors (Lipinski definition) is 0. The van der Waals surface area contributed by atoms with E-state index in [1.54, 1.807) is 82.5 Å². The van der Waals surface area contributed by atoms with Crippen LogP contribution < -0.4 is 0 Å². The molecule has 4 aromatic heterocycles. The van der Waals surface area contributed by atoms with Crippen LogP contribution in [0.1, 0.15) is 161 Å². The van der Waals surface area contributed by atoms with Crippen LogP contribution in [0.2, 0.25) is 0 Å². The zero-order valence-corrected chi connectivity index (χ0v) is 72.2. The molecule has 0 N–H and O–H groups in total. The molecule has 0 amide bonds. The van der Waals surface area contributed by atoms with E-state index in [2.05, 4.69) is 158 Å². The smallest absolute Gasteiger partial charge is 0.179 e. The average molecular weight is 1690 g/mol. The molecule has 6 aromatic carbocycles. The largest absolute Gasteiger partial charge is 0.382 e. The Morgan fingerprint density at radius 1 is 0.344 bits per heavy atom. The van der Waals surface area contributed by atoms with Crippen molar-refractivity contribution in [2.45, 2.75) is 187 Å². The van der Waals surface area contributed by atoms with E-state index in [1.807, 2.05) is 55.6 Å². The molecule has 636 valence electrons. The van der Waals surface area contributed by atoms with E-state index in [1.165, 1.54) is 89.3 Å². The first kappa shape index (κ1) is 82.7. The van der Waals surface area contributed by atoms with Gasteiger partial charge in [0.05, 0.1) is 101 Å². The maximum absolute atomic E-state index is 13.5. The molecule has 24 heteroatoms. The number of halogens is 4. The van der Waals surface area contributed by atoms with Gasteiger partial charge in [-0.2, -0.15) is 20.4 Å². The van der Waals surface area contributed by atoms with E-state index in [0.29, 0.717) is 41.0 Å². The fourth-order valence-corrected chi connectivity index (χ4v) is 26.0. The minimum absolute atomic E-state index is 0.158. The Bertz CT molecular complexity index is 5420. The first-order valence-corrected chi connectivity index (χ1v) is 44.4. The second-order valence-corrected chi connectivity index (χ2v) is 39.1. The predicted molar refractivity (Wildman–Crippen MR) is 463 cm³/mol. The van der Waals surface area contributed by atoms with Gasteiger partial charge in [-0.1, -0.05) is 124 Å². The van der Waals surface area contributed by atoms with Gasteiger partial charge in [-0.3, -0.25) is 0 Å². The average Bonchev–Trinajstić information content (AvgIpc) is 1.56. The summed E-state index contributed by atoms with van der Waals surface area (Å²) < 4.78 is 123. The van der Waals surface area contributed by atoms with Crippen molar-refractivity contribution in [3.63, 3.8) is 0 Å². The van der Waals surface area contributed by atoms with Gasteiger partial charge >= 0.3 is 0 Å². The summed E-state index contributed by atoms with van der Waals surface area (Å²) in [6.45, 7) is 15.8. The highest BCUT2D eigenvalue weighted by Crippen LogP contribution is 2.72. The van der Waals surface area contributed by atoms with Crippen LogP contribution in [0.4, 0.5) is 17.6 Å². The van der Waals surface area contributed by atoms with Crippen LogP contribution in [0.3, 0.4) is 0 Å². The van der Waals surface area contributed by atoms with Gasteiger partial charge in [0, 0.05) is 79.9 Å². The van der Waals surface area contributed by atoms with Gasteiger partial charge in [0.2, 0.25) is 0 Å². The molecule has 8 fully saturated rings. The molecule has 12 aliphatic rings. The van der Waals surface area contributed by atoms with Crippen LogP contribution in [0.25, 0.3) is 47.1 Å². The summed E-state index contributed by atoms with van der Waals surface area (Å²) in [6, 6.07) is 46.7. The fourth-order valence-electron chi connectivity index (χ4n) is 21.6. The molecule has 0 bridgehead atoms. The third kappa shape index (κ3) is 13.9. The van der Waals surface area contributed by atoms with Crippen molar-refractivity contribution in [3.05, 3.63) is 284 Å². The molecule has 8 heterocycles. The highest BCUT2D eigenvalue weighted by molar-refractivity contribution is 8.22. The number of methoxy groups -OCH3 is 4. The van der Waals surface area contributed by atoms with Crippen molar-refractivity contribution >= 4 is 47.8 Å². The van der Waals surface area contributed by atoms with Gasteiger partial charge in [0.15, 0.2) is 17.4 Å². The Hall–Kier alpha value is -8.86. The summed E-state index contributed by atoms with van der Waals surface area (Å²) in [5.41, 5.74) is 19.6. The lowest BCUT2D eigenvalue weighted by Gasteiger charge is -2.42. The standard InChI is InChI=1S/C31H27FN2O2.2C23H27FN2O4.C21H23FN2S2/c1-30-19-23-20-33-34(26-14-12-25(32)13-15-26)27(23)18-24(30)16-17-31(30)35-28(21-8-4-2-5-9-21)29(36-31)22-10-6-3-7-11-22;2*1-22-11-15-12-25-26(18-6-4-17(24)5-7-18)19(15)10-16(22)8-9-23(22)29-20(13-27-2)21(30-23)14-28-3;1-13-14(2)26-21(25-13)9-8-16-10-19-15(11-20(16,21)3)12-23-24(19)18-6-4-17(22)5-7-18/h2-15,18,20,28-29H,16-17,19H2,1H3;2*4-7,10,12,20-21H,8-9,11,13-14H2,1-3H3;4-7,10,12-14H,8-9,11H2,1-3H3/t28-,29-,30+;20-,21-,22+;20-,21-,22-;13?,14?,20-,21?/m1100/s1. The molecule has 122 heavy (non-hydrogen) atoms. The zero-order valence-electron chi connectivity index (χ0n) is 70.6. The van der Waals surface area contributed by atoms with Crippen molar-refractivity contribution in [1.29, 1.82) is 0 Å². The van der Waals surface area contributed by atoms with E-state index in [9.17, 15) is 17.6 Å². The second kappa shape index (κ2) is 32.3. The molecule has 4 spiro atoms. The number of rotatable bonds is 14. The number of benzene rings is 6. The normalized spacial score (nSPS) is 29.6. The first-order valence-electron chi connectivity index (χ1n) is 42.6. The van der Waals surface area contributed by atoms with Crippen molar-refractivity contribution in [1.82, 2.24) is 39.1 Å². The Labute approximate surface area is 718 Å². The summed E-state index contributed by atoms with van der Waals surface area (Å²) in [6.07, 6.45) is 26.7. The van der Waals surface area contributed by atoms with Gasteiger partial charge in [-0.05, 0) is 213 Å². The number of ether oxygens (including phenoxy) is 10. The van der Waals surface area contributed by atoms with Crippen LogP contribution in [-0.2, 0) is 73.1 Å². The van der Waals surface area contributed by atoms with Gasteiger partial charge in [-0.15, -0.1) is 23.5 Å². The van der Waals surface area contributed by atoms with E-state index in [-0.39, 0.29) is 81.6 Å². The molecule has 8 aliphatic carbocycles.